The van der Waals surface area contributed by atoms with Crippen LogP contribution in [0.1, 0.15) is 46.0 Å². The van der Waals surface area contributed by atoms with Crippen LogP contribution in [0, 0.1) is 5.41 Å². The van der Waals surface area contributed by atoms with E-state index in [1.165, 1.54) is 38.6 Å². The van der Waals surface area contributed by atoms with Gasteiger partial charge in [0, 0.05) is 32.8 Å². The second-order valence-electron chi connectivity index (χ2n) is 6.15. The van der Waals surface area contributed by atoms with Crippen molar-refractivity contribution in [2.45, 2.75) is 52.0 Å². The molecule has 0 aromatic rings. The van der Waals surface area contributed by atoms with Gasteiger partial charge in [-0.2, -0.15) is 0 Å². The van der Waals surface area contributed by atoms with Crippen LogP contribution < -0.4 is 5.32 Å². The largest absolute Gasteiger partial charge is 0.383 e. The molecule has 1 fully saturated rings. The molecule has 3 heteroatoms. The molecule has 1 aliphatic carbocycles. The predicted octanol–water partition coefficient (Wildman–Crippen LogP) is 2.51. The minimum absolute atomic E-state index is 0.491. The van der Waals surface area contributed by atoms with Crippen molar-refractivity contribution in [3.63, 3.8) is 0 Å². The Labute approximate surface area is 113 Å². The Hall–Kier alpha value is -0.120. The Morgan fingerprint density at radius 3 is 2.39 bits per heavy atom. The molecule has 0 radical (unpaired) electrons. The Morgan fingerprint density at radius 2 is 1.89 bits per heavy atom. The van der Waals surface area contributed by atoms with Gasteiger partial charge in [-0.1, -0.05) is 19.3 Å². The summed E-state index contributed by atoms with van der Waals surface area (Å²) in [5.74, 6) is 0. The SMILES string of the molecule is CNCC1(CN(CCOC)C(C)C)CCCCC1. The maximum atomic E-state index is 5.25. The number of nitrogens with one attached hydrogen (secondary N) is 1. The van der Waals surface area contributed by atoms with E-state index in [4.69, 9.17) is 4.74 Å². The van der Waals surface area contributed by atoms with Crippen LogP contribution in [-0.2, 0) is 4.74 Å². The zero-order valence-electron chi connectivity index (χ0n) is 12.8. The van der Waals surface area contributed by atoms with Gasteiger partial charge in [0.25, 0.3) is 0 Å². The summed E-state index contributed by atoms with van der Waals surface area (Å²) in [4.78, 5) is 2.59. The van der Waals surface area contributed by atoms with Crippen molar-refractivity contribution in [1.29, 1.82) is 0 Å². The Bertz CT molecular complexity index is 207. The molecule has 0 amide bonds. The summed E-state index contributed by atoms with van der Waals surface area (Å²) < 4.78 is 5.25. The van der Waals surface area contributed by atoms with Gasteiger partial charge in [0.15, 0.2) is 0 Å². The van der Waals surface area contributed by atoms with E-state index in [2.05, 4.69) is 31.1 Å². The molecule has 0 atom stereocenters. The monoisotopic (exact) mass is 256 g/mol. The summed E-state index contributed by atoms with van der Waals surface area (Å²) in [6.45, 7) is 8.86. The number of nitrogens with zero attached hydrogens (tertiary/aromatic N) is 1. The first-order valence-electron chi connectivity index (χ1n) is 7.51. The van der Waals surface area contributed by atoms with Crippen LogP contribution in [0.4, 0.5) is 0 Å². The van der Waals surface area contributed by atoms with Gasteiger partial charge in [0.2, 0.25) is 0 Å². The summed E-state index contributed by atoms with van der Waals surface area (Å²) in [5.41, 5.74) is 0.491. The van der Waals surface area contributed by atoms with Crippen LogP contribution in [0.2, 0.25) is 0 Å². The van der Waals surface area contributed by atoms with Crippen molar-refractivity contribution >= 4 is 0 Å². The third kappa shape index (κ3) is 4.87. The van der Waals surface area contributed by atoms with Crippen LogP contribution in [-0.4, -0.2) is 51.3 Å². The van der Waals surface area contributed by atoms with Gasteiger partial charge in [-0.05, 0) is 39.2 Å². The van der Waals surface area contributed by atoms with E-state index in [9.17, 15) is 0 Å². The predicted molar refractivity (Wildman–Crippen MR) is 78.0 cm³/mol. The van der Waals surface area contributed by atoms with Crippen LogP contribution >= 0.6 is 0 Å². The molecule has 1 rings (SSSR count). The van der Waals surface area contributed by atoms with Gasteiger partial charge < -0.3 is 10.1 Å². The summed E-state index contributed by atoms with van der Waals surface area (Å²) in [6, 6.07) is 0.607. The number of rotatable bonds is 8. The van der Waals surface area contributed by atoms with E-state index in [1.807, 2.05) is 0 Å². The van der Waals surface area contributed by atoms with E-state index in [-0.39, 0.29) is 0 Å². The second kappa shape index (κ2) is 8.13. The molecular formula is C15H32N2O. The molecule has 3 nitrogen and oxygen atoms in total. The Morgan fingerprint density at radius 1 is 1.22 bits per heavy atom. The topological polar surface area (TPSA) is 24.5 Å². The fraction of sp³-hybridized carbons (Fsp3) is 1.00. The molecule has 108 valence electrons. The summed E-state index contributed by atoms with van der Waals surface area (Å²) in [6.07, 6.45) is 6.98. The maximum absolute atomic E-state index is 5.25. The number of hydrogen-bond donors (Lipinski definition) is 1. The minimum Gasteiger partial charge on any atom is -0.383 e. The Kier molecular flexibility index (Phi) is 7.20. The average molecular weight is 256 g/mol. The minimum atomic E-state index is 0.491. The zero-order valence-corrected chi connectivity index (χ0v) is 12.8. The summed E-state index contributed by atoms with van der Waals surface area (Å²) >= 11 is 0. The molecule has 0 bridgehead atoms. The van der Waals surface area contributed by atoms with E-state index in [0.29, 0.717) is 11.5 Å². The molecule has 0 aliphatic heterocycles. The summed E-state index contributed by atoms with van der Waals surface area (Å²) in [5, 5.41) is 3.42. The van der Waals surface area contributed by atoms with Crippen molar-refractivity contribution in [3.05, 3.63) is 0 Å². The lowest BCUT2D eigenvalue weighted by molar-refractivity contribution is 0.0624. The van der Waals surface area contributed by atoms with Crippen molar-refractivity contribution in [2.75, 3.05) is 40.4 Å². The molecule has 1 N–H and O–H groups in total. The third-order valence-electron chi connectivity index (χ3n) is 4.32. The van der Waals surface area contributed by atoms with Gasteiger partial charge in [0.1, 0.15) is 0 Å². The second-order valence-corrected chi connectivity index (χ2v) is 6.15. The van der Waals surface area contributed by atoms with E-state index < -0.39 is 0 Å². The molecule has 0 aromatic heterocycles. The van der Waals surface area contributed by atoms with Gasteiger partial charge in [0.05, 0.1) is 6.61 Å². The highest BCUT2D eigenvalue weighted by atomic mass is 16.5. The van der Waals surface area contributed by atoms with Gasteiger partial charge in [-0.3, -0.25) is 4.90 Å². The highest BCUT2D eigenvalue weighted by Gasteiger charge is 2.33. The highest BCUT2D eigenvalue weighted by Crippen LogP contribution is 2.36. The normalized spacial score (nSPS) is 19.7. The molecule has 0 saturated heterocycles. The number of hydrogen-bond acceptors (Lipinski definition) is 3. The zero-order chi connectivity index (χ0) is 13.4. The fourth-order valence-electron chi connectivity index (χ4n) is 3.23. The maximum Gasteiger partial charge on any atom is 0.0589 e. The van der Waals surface area contributed by atoms with Gasteiger partial charge in [-0.15, -0.1) is 0 Å². The fourth-order valence-corrected chi connectivity index (χ4v) is 3.23. The highest BCUT2D eigenvalue weighted by molar-refractivity contribution is 4.88. The van der Waals surface area contributed by atoms with Crippen LogP contribution in [0.15, 0.2) is 0 Å². The molecule has 1 aliphatic rings. The molecule has 1 saturated carbocycles. The first kappa shape index (κ1) is 15.9. The average Bonchev–Trinajstić information content (AvgIpc) is 2.35. The van der Waals surface area contributed by atoms with Gasteiger partial charge in [-0.25, -0.2) is 0 Å². The van der Waals surface area contributed by atoms with Crippen LogP contribution in [0.5, 0.6) is 0 Å². The van der Waals surface area contributed by atoms with E-state index in [1.54, 1.807) is 7.11 Å². The number of methoxy groups -OCH3 is 1. The van der Waals surface area contributed by atoms with Crippen LogP contribution in [0.25, 0.3) is 0 Å². The van der Waals surface area contributed by atoms with Crippen molar-refractivity contribution < 1.29 is 4.74 Å². The lowest BCUT2D eigenvalue weighted by atomic mass is 9.73. The smallest absolute Gasteiger partial charge is 0.0589 e. The van der Waals surface area contributed by atoms with E-state index in [0.717, 1.165) is 19.7 Å². The van der Waals surface area contributed by atoms with Crippen molar-refractivity contribution in [2.24, 2.45) is 5.41 Å². The molecule has 0 aromatic carbocycles. The standard InChI is InChI=1S/C15H32N2O/c1-14(2)17(10-11-18-4)13-15(12-16-3)8-6-5-7-9-15/h14,16H,5-13H2,1-4H3. The van der Waals surface area contributed by atoms with Crippen LogP contribution in [0.3, 0.4) is 0 Å². The Balaban J connectivity index is 2.60. The first-order valence-corrected chi connectivity index (χ1v) is 7.51. The molecule has 18 heavy (non-hydrogen) atoms. The molecule has 0 heterocycles. The quantitative estimate of drug-likeness (QED) is 0.722. The molecule has 0 spiro atoms. The van der Waals surface area contributed by atoms with Crippen molar-refractivity contribution in [1.82, 2.24) is 10.2 Å². The van der Waals surface area contributed by atoms with E-state index >= 15 is 0 Å². The lowest BCUT2D eigenvalue weighted by Gasteiger charge is -2.42. The number of ether oxygens (including phenoxy) is 1. The molecule has 0 unspecified atom stereocenters. The van der Waals surface area contributed by atoms with Gasteiger partial charge >= 0.3 is 0 Å². The third-order valence-corrected chi connectivity index (χ3v) is 4.32. The van der Waals surface area contributed by atoms with Crippen molar-refractivity contribution in [3.8, 4) is 0 Å². The lowest BCUT2D eigenvalue weighted by Crippen LogP contribution is -2.47. The first-order chi connectivity index (χ1) is 8.63. The molecular weight excluding hydrogens is 224 g/mol. The summed E-state index contributed by atoms with van der Waals surface area (Å²) in [7, 11) is 3.88.